The molecular formula is C14H9N3O2S. The molecule has 5 nitrogen and oxygen atoms in total. The van der Waals surface area contributed by atoms with E-state index in [1.807, 2.05) is 12.1 Å². The molecule has 6 heteroatoms. The number of nitrogens with zero attached hydrogens (tertiary/aromatic N) is 3. The van der Waals surface area contributed by atoms with E-state index in [2.05, 4.69) is 15.0 Å². The SMILES string of the molecule is O=C(O)c1nc(-c2cccnc2)sc1-c1cccnc1. The van der Waals surface area contributed by atoms with Crippen molar-refractivity contribution in [1.82, 2.24) is 15.0 Å². The van der Waals surface area contributed by atoms with Crippen molar-refractivity contribution in [2.24, 2.45) is 0 Å². The quantitative estimate of drug-likeness (QED) is 0.799. The van der Waals surface area contributed by atoms with Crippen molar-refractivity contribution < 1.29 is 9.90 Å². The maximum atomic E-state index is 11.3. The highest BCUT2D eigenvalue weighted by Gasteiger charge is 2.19. The van der Waals surface area contributed by atoms with Gasteiger partial charge >= 0.3 is 5.97 Å². The molecule has 0 aliphatic rings. The molecule has 0 aliphatic carbocycles. The Morgan fingerprint density at radius 3 is 2.25 bits per heavy atom. The number of thiazole rings is 1. The zero-order valence-corrected chi connectivity index (χ0v) is 11.0. The summed E-state index contributed by atoms with van der Waals surface area (Å²) in [6.07, 6.45) is 6.61. The Hall–Kier alpha value is -2.60. The molecule has 0 aliphatic heterocycles. The Kier molecular flexibility index (Phi) is 3.22. The van der Waals surface area contributed by atoms with Crippen LogP contribution in [0.1, 0.15) is 10.5 Å². The van der Waals surface area contributed by atoms with Gasteiger partial charge in [-0.25, -0.2) is 9.78 Å². The summed E-state index contributed by atoms with van der Waals surface area (Å²) < 4.78 is 0. The van der Waals surface area contributed by atoms with E-state index in [1.54, 1.807) is 36.9 Å². The van der Waals surface area contributed by atoms with Crippen LogP contribution in [0.15, 0.2) is 49.1 Å². The summed E-state index contributed by atoms with van der Waals surface area (Å²) in [7, 11) is 0. The molecule has 0 saturated carbocycles. The lowest BCUT2D eigenvalue weighted by atomic mass is 10.2. The van der Waals surface area contributed by atoms with Crippen molar-refractivity contribution >= 4 is 17.3 Å². The Labute approximate surface area is 118 Å². The summed E-state index contributed by atoms with van der Waals surface area (Å²) in [4.78, 5) is 24.2. The normalized spacial score (nSPS) is 10.4. The molecule has 3 aromatic heterocycles. The van der Waals surface area contributed by atoms with Crippen molar-refractivity contribution in [2.45, 2.75) is 0 Å². The average molecular weight is 283 g/mol. The summed E-state index contributed by atoms with van der Waals surface area (Å²) in [6, 6.07) is 7.23. The molecule has 20 heavy (non-hydrogen) atoms. The van der Waals surface area contributed by atoms with Crippen LogP contribution in [0.3, 0.4) is 0 Å². The number of carboxylic acid groups (broad SMARTS) is 1. The van der Waals surface area contributed by atoms with E-state index in [0.717, 1.165) is 11.1 Å². The summed E-state index contributed by atoms with van der Waals surface area (Å²) in [5.41, 5.74) is 1.59. The highest BCUT2D eigenvalue weighted by molar-refractivity contribution is 7.18. The van der Waals surface area contributed by atoms with E-state index >= 15 is 0 Å². The number of aromatic carboxylic acids is 1. The van der Waals surface area contributed by atoms with E-state index in [-0.39, 0.29) is 5.69 Å². The lowest BCUT2D eigenvalue weighted by molar-refractivity contribution is 0.0692. The van der Waals surface area contributed by atoms with Crippen LogP contribution in [0.2, 0.25) is 0 Å². The zero-order chi connectivity index (χ0) is 13.9. The lowest BCUT2D eigenvalue weighted by Crippen LogP contribution is -1.98. The second-order valence-electron chi connectivity index (χ2n) is 3.99. The minimum atomic E-state index is -1.05. The zero-order valence-electron chi connectivity index (χ0n) is 10.2. The van der Waals surface area contributed by atoms with Crippen molar-refractivity contribution in [3.05, 3.63) is 54.7 Å². The molecule has 3 aromatic rings. The molecule has 0 aromatic carbocycles. The first-order valence-corrected chi connectivity index (χ1v) is 6.62. The third kappa shape index (κ3) is 2.28. The van der Waals surface area contributed by atoms with Crippen LogP contribution in [0, 0.1) is 0 Å². The van der Waals surface area contributed by atoms with Crippen LogP contribution in [-0.4, -0.2) is 26.0 Å². The molecule has 0 atom stereocenters. The second kappa shape index (κ2) is 5.18. The Balaban J connectivity index is 2.15. The van der Waals surface area contributed by atoms with Gasteiger partial charge in [-0.3, -0.25) is 9.97 Å². The third-order valence-electron chi connectivity index (χ3n) is 2.66. The minimum absolute atomic E-state index is 0.0434. The first-order valence-electron chi connectivity index (χ1n) is 5.80. The van der Waals surface area contributed by atoms with Gasteiger partial charge in [0.05, 0.1) is 4.88 Å². The van der Waals surface area contributed by atoms with E-state index in [1.165, 1.54) is 11.3 Å². The highest BCUT2D eigenvalue weighted by atomic mass is 32.1. The van der Waals surface area contributed by atoms with Gasteiger partial charge in [0.15, 0.2) is 5.69 Å². The van der Waals surface area contributed by atoms with Crippen LogP contribution < -0.4 is 0 Å². The van der Waals surface area contributed by atoms with Gasteiger partial charge < -0.3 is 5.11 Å². The van der Waals surface area contributed by atoms with Crippen molar-refractivity contribution in [1.29, 1.82) is 0 Å². The monoisotopic (exact) mass is 283 g/mol. The van der Waals surface area contributed by atoms with E-state index < -0.39 is 5.97 Å². The smallest absolute Gasteiger partial charge is 0.356 e. The van der Waals surface area contributed by atoms with Crippen molar-refractivity contribution in [3.63, 3.8) is 0 Å². The van der Waals surface area contributed by atoms with Crippen LogP contribution in [0.25, 0.3) is 21.0 Å². The fraction of sp³-hybridized carbons (Fsp3) is 0. The number of hydrogen-bond acceptors (Lipinski definition) is 5. The summed E-state index contributed by atoms with van der Waals surface area (Å²) in [6.45, 7) is 0. The lowest BCUT2D eigenvalue weighted by Gasteiger charge is -1.96. The topological polar surface area (TPSA) is 76.0 Å². The molecule has 0 fully saturated rings. The third-order valence-corrected chi connectivity index (χ3v) is 3.82. The molecule has 0 bridgehead atoms. The van der Waals surface area contributed by atoms with Crippen LogP contribution in [0.4, 0.5) is 0 Å². The number of carboxylic acids is 1. The van der Waals surface area contributed by atoms with E-state index in [9.17, 15) is 9.90 Å². The fourth-order valence-electron chi connectivity index (χ4n) is 1.77. The Morgan fingerprint density at radius 2 is 1.70 bits per heavy atom. The first-order chi connectivity index (χ1) is 9.75. The molecule has 0 spiro atoms. The number of pyridine rings is 2. The second-order valence-corrected chi connectivity index (χ2v) is 4.98. The predicted molar refractivity (Wildman–Crippen MR) is 75.5 cm³/mol. The van der Waals surface area contributed by atoms with Gasteiger partial charge in [-0.05, 0) is 18.2 Å². The van der Waals surface area contributed by atoms with Crippen LogP contribution in [-0.2, 0) is 0 Å². The summed E-state index contributed by atoms with van der Waals surface area (Å²) in [5.74, 6) is -1.05. The predicted octanol–water partition coefficient (Wildman–Crippen LogP) is 2.97. The number of aromatic nitrogens is 3. The molecule has 0 amide bonds. The molecule has 0 saturated heterocycles. The number of hydrogen-bond donors (Lipinski definition) is 1. The minimum Gasteiger partial charge on any atom is -0.476 e. The first kappa shape index (κ1) is 12.4. The highest BCUT2D eigenvalue weighted by Crippen LogP contribution is 2.34. The Bertz CT molecular complexity index is 742. The largest absolute Gasteiger partial charge is 0.476 e. The molecule has 98 valence electrons. The van der Waals surface area contributed by atoms with Crippen LogP contribution in [0.5, 0.6) is 0 Å². The summed E-state index contributed by atoms with van der Waals surface area (Å²) in [5, 5.41) is 9.93. The van der Waals surface area contributed by atoms with Crippen molar-refractivity contribution in [3.8, 4) is 21.0 Å². The number of rotatable bonds is 3. The average Bonchev–Trinajstić information content (AvgIpc) is 2.94. The molecule has 3 heterocycles. The van der Waals surface area contributed by atoms with Gasteiger partial charge in [-0.1, -0.05) is 6.07 Å². The maximum Gasteiger partial charge on any atom is 0.356 e. The number of carbonyl (C=O) groups is 1. The van der Waals surface area contributed by atoms with Gasteiger partial charge in [0.1, 0.15) is 5.01 Å². The Morgan fingerprint density at radius 1 is 1.05 bits per heavy atom. The molecule has 3 rings (SSSR count). The van der Waals surface area contributed by atoms with Gasteiger partial charge in [0, 0.05) is 35.9 Å². The van der Waals surface area contributed by atoms with E-state index in [0.29, 0.717) is 9.88 Å². The molecule has 1 N–H and O–H groups in total. The summed E-state index contributed by atoms with van der Waals surface area (Å²) >= 11 is 1.32. The molecule has 0 unspecified atom stereocenters. The van der Waals surface area contributed by atoms with E-state index in [4.69, 9.17) is 0 Å². The van der Waals surface area contributed by atoms with Gasteiger partial charge in [0.2, 0.25) is 0 Å². The van der Waals surface area contributed by atoms with Gasteiger partial charge in [-0.15, -0.1) is 11.3 Å². The van der Waals surface area contributed by atoms with Gasteiger partial charge in [0.25, 0.3) is 0 Å². The van der Waals surface area contributed by atoms with Crippen LogP contribution >= 0.6 is 11.3 Å². The molecular weight excluding hydrogens is 274 g/mol. The standard InChI is InChI=1S/C14H9N3O2S/c18-14(19)11-12(9-3-1-5-15-7-9)20-13(17-11)10-4-2-6-16-8-10/h1-8H,(H,18,19). The maximum absolute atomic E-state index is 11.3. The molecule has 0 radical (unpaired) electrons. The van der Waals surface area contributed by atoms with Crippen molar-refractivity contribution in [2.75, 3.05) is 0 Å². The fourth-order valence-corrected chi connectivity index (χ4v) is 2.81. The van der Waals surface area contributed by atoms with Gasteiger partial charge in [-0.2, -0.15) is 0 Å².